The van der Waals surface area contributed by atoms with Gasteiger partial charge < -0.3 is 19.9 Å². The van der Waals surface area contributed by atoms with Crippen molar-refractivity contribution >= 4 is 17.6 Å². The van der Waals surface area contributed by atoms with E-state index in [1.165, 1.54) is 12.5 Å². The summed E-state index contributed by atoms with van der Waals surface area (Å²) in [6.07, 6.45) is 2.86. The molecule has 22 heavy (non-hydrogen) atoms. The third-order valence-electron chi connectivity index (χ3n) is 3.13. The predicted octanol–water partition coefficient (Wildman–Crippen LogP) is 1.08. The summed E-state index contributed by atoms with van der Waals surface area (Å²) in [6.45, 7) is 0.847. The van der Waals surface area contributed by atoms with E-state index in [1.807, 2.05) is 37.2 Å². The van der Waals surface area contributed by atoms with Crippen molar-refractivity contribution in [1.29, 1.82) is 0 Å². The average Bonchev–Trinajstić information content (AvgIpc) is 2.96. The van der Waals surface area contributed by atoms with Gasteiger partial charge in [-0.1, -0.05) is 6.07 Å². The number of hydrogen-bond acceptors (Lipinski definition) is 4. The molecule has 0 spiro atoms. The van der Waals surface area contributed by atoms with Gasteiger partial charge in [-0.25, -0.2) is 9.78 Å². The van der Waals surface area contributed by atoms with Crippen LogP contribution in [0.3, 0.4) is 0 Å². The molecule has 7 heteroatoms. The lowest BCUT2D eigenvalue weighted by Crippen LogP contribution is -2.27. The number of amides is 1. The second kappa shape index (κ2) is 6.75. The standard InChI is InChI=1S/C15H18N4O3/c1-18(2)12-5-3-4-11(8-12)14(20)16-6-7-19-9-13(15(21)22)17-10-19/h3-5,8-10H,6-7H2,1-2H3,(H,16,20)(H,21,22). The first kappa shape index (κ1) is 15.6. The zero-order valence-electron chi connectivity index (χ0n) is 12.5. The van der Waals surface area contributed by atoms with Crippen molar-refractivity contribution in [2.45, 2.75) is 6.54 Å². The second-order valence-electron chi connectivity index (χ2n) is 5.00. The summed E-state index contributed by atoms with van der Waals surface area (Å²) in [6, 6.07) is 7.33. The van der Waals surface area contributed by atoms with Crippen molar-refractivity contribution in [3.8, 4) is 0 Å². The first-order chi connectivity index (χ1) is 10.5. The van der Waals surface area contributed by atoms with Gasteiger partial charge in [0, 0.05) is 44.6 Å². The van der Waals surface area contributed by atoms with Gasteiger partial charge in [-0.3, -0.25) is 4.79 Å². The number of hydrogen-bond donors (Lipinski definition) is 2. The molecule has 1 amide bonds. The molecule has 0 aliphatic rings. The van der Waals surface area contributed by atoms with Gasteiger partial charge in [0.2, 0.25) is 0 Å². The molecule has 0 aliphatic carbocycles. The molecular weight excluding hydrogens is 284 g/mol. The number of carboxylic acids is 1. The Labute approximate surface area is 128 Å². The first-order valence-electron chi connectivity index (χ1n) is 6.78. The molecule has 1 aromatic carbocycles. The van der Waals surface area contributed by atoms with Crippen molar-refractivity contribution < 1.29 is 14.7 Å². The van der Waals surface area contributed by atoms with E-state index in [9.17, 15) is 9.59 Å². The molecule has 1 aromatic heterocycles. The molecule has 0 saturated heterocycles. The number of carbonyl (C=O) groups is 2. The lowest BCUT2D eigenvalue weighted by atomic mass is 10.2. The normalized spacial score (nSPS) is 10.3. The summed E-state index contributed by atoms with van der Waals surface area (Å²) in [5.41, 5.74) is 1.53. The molecule has 7 nitrogen and oxygen atoms in total. The van der Waals surface area contributed by atoms with Crippen molar-refractivity contribution in [3.05, 3.63) is 48.0 Å². The SMILES string of the molecule is CN(C)c1cccc(C(=O)NCCn2cnc(C(=O)O)c2)c1. The van der Waals surface area contributed by atoms with Crippen LogP contribution in [0, 0.1) is 0 Å². The Bertz CT molecular complexity index is 679. The monoisotopic (exact) mass is 302 g/mol. The highest BCUT2D eigenvalue weighted by atomic mass is 16.4. The fraction of sp³-hybridized carbons (Fsp3) is 0.267. The maximum Gasteiger partial charge on any atom is 0.356 e. The Morgan fingerprint density at radius 1 is 1.36 bits per heavy atom. The number of aromatic nitrogens is 2. The van der Waals surface area contributed by atoms with Crippen LogP contribution in [0.1, 0.15) is 20.8 Å². The summed E-state index contributed by atoms with van der Waals surface area (Å²) in [7, 11) is 3.83. The number of carboxylic acid groups (broad SMARTS) is 1. The molecule has 0 atom stereocenters. The molecule has 2 aromatic rings. The Hall–Kier alpha value is -2.83. The van der Waals surface area contributed by atoms with Crippen LogP contribution in [0.4, 0.5) is 5.69 Å². The summed E-state index contributed by atoms with van der Waals surface area (Å²) in [5.74, 6) is -1.23. The zero-order chi connectivity index (χ0) is 16.1. The third kappa shape index (κ3) is 3.85. The minimum absolute atomic E-state index is 0.00925. The van der Waals surface area contributed by atoms with Crippen molar-refractivity contribution in [2.75, 3.05) is 25.5 Å². The molecule has 0 saturated carbocycles. The number of nitrogens with zero attached hydrogens (tertiary/aromatic N) is 3. The molecule has 2 rings (SSSR count). The van der Waals surface area contributed by atoms with Crippen LogP contribution in [-0.2, 0) is 6.54 Å². The molecular formula is C15H18N4O3. The summed E-state index contributed by atoms with van der Waals surface area (Å²) in [4.78, 5) is 28.5. The molecule has 116 valence electrons. The quantitative estimate of drug-likeness (QED) is 0.833. The predicted molar refractivity (Wildman–Crippen MR) is 82.3 cm³/mol. The summed E-state index contributed by atoms with van der Waals surface area (Å²) >= 11 is 0. The van der Waals surface area contributed by atoms with E-state index >= 15 is 0 Å². The molecule has 0 fully saturated rings. The molecule has 0 aliphatic heterocycles. The fourth-order valence-corrected chi connectivity index (χ4v) is 1.92. The smallest absolute Gasteiger partial charge is 0.356 e. The molecule has 2 N–H and O–H groups in total. The number of carbonyl (C=O) groups excluding carboxylic acids is 1. The van der Waals surface area contributed by atoms with Gasteiger partial charge in [-0.2, -0.15) is 0 Å². The van der Waals surface area contributed by atoms with Crippen molar-refractivity contribution in [2.24, 2.45) is 0 Å². The zero-order valence-corrected chi connectivity index (χ0v) is 12.5. The molecule has 0 radical (unpaired) electrons. The molecule has 0 unspecified atom stereocenters. The van der Waals surface area contributed by atoms with E-state index in [-0.39, 0.29) is 11.6 Å². The van der Waals surface area contributed by atoms with Gasteiger partial charge in [0.15, 0.2) is 5.69 Å². The summed E-state index contributed by atoms with van der Waals surface area (Å²) in [5, 5.41) is 11.6. The van der Waals surface area contributed by atoms with Gasteiger partial charge in [0.1, 0.15) is 0 Å². The Morgan fingerprint density at radius 2 is 2.14 bits per heavy atom. The van der Waals surface area contributed by atoms with Crippen LogP contribution >= 0.6 is 0 Å². The van der Waals surface area contributed by atoms with Gasteiger partial charge in [0.25, 0.3) is 5.91 Å². The largest absolute Gasteiger partial charge is 0.476 e. The Balaban J connectivity index is 1.89. The topological polar surface area (TPSA) is 87.5 Å². The highest BCUT2D eigenvalue weighted by Gasteiger charge is 2.08. The van der Waals surface area contributed by atoms with Gasteiger partial charge in [-0.05, 0) is 18.2 Å². The number of imidazole rings is 1. The first-order valence-corrected chi connectivity index (χ1v) is 6.78. The lowest BCUT2D eigenvalue weighted by Gasteiger charge is -2.13. The molecule has 0 bridgehead atoms. The van der Waals surface area contributed by atoms with Crippen molar-refractivity contribution in [3.63, 3.8) is 0 Å². The molecule has 1 heterocycles. The minimum Gasteiger partial charge on any atom is -0.476 e. The maximum atomic E-state index is 12.1. The van der Waals surface area contributed by atoms with Crippen LogP contribution < -0.4 is 10.2 Å². The highest BCUT2D eigenvalue weighted by molar-refractivity contribution is 5.95. The number of anilines is 1. The lowest BCUT2D eigenvalue weighted by molar-refractivity contribution is 0.0690. The van der Waals surface area contributed by atoms with Gasteiger partial charge in [0.05, 0.1) is 6.33 Å². The number of rotatable bonds is 6. The van der Waals surface area contributed by atoms with E-state index in [0.29, 0.717) is 18.7 Å². The average molecular weight is 302 g/mol. The van der Waals surface area contributed by atoms with Gasteiger partial charge in [-0.15, -0.1) is 0 Å². The van der Waals surface area contributed by atoms with Crippen LogP contribution in [-0.4, -0.2) is 47.2 Å². The third-order valence-corrected chi connectivity index (χ3v) is 3.13. The highest BCUT2D eigenvalue weighted by Crippen LogP contribution is 2.13. The number of benzene rings is 1. The number of nitrogens with one attached hydrogen (secondary N) is 1. The van der Waals surface area contributed by atoms with E-state index < -0.39 is 5.97 Å². The Morgan fingerprint density at radius 3 is 2.77 bits per heavy atom. The minimum atomic E-state index is -1.07. The number of aromatic carboxylic acids is 1. The van der Waals surface area contributed by atoms with Crippen molar-refractivity contribution in [1.82, 2.24) is 14.9 Å². The van der Waals surface area contributed by atoms with Crippen LogP contribution in [0.25, 0.3) is 0 Å². The van der Waals surface area contributed by atoms with E-state index in [1.54, 1.807) is 10.6 Å². The van der Waals surface area contributed by atoms with E-state index in [0.717, 1.165) is 5.69 Å². The maximum absolute atomic E-state index is 12.1. The van der Waals surface area contributed by atoms with Crippen LogP contribution in [0.15, 0.2) is 36.8 Å². The fourth-order valence-electron chi connectivity index (χ4n) is 1.92. The van der Waals surface area contributed by atoms with Crippen LogP contribution in [0.5, 0.6) is 0 Å². The second-order valence-corrected chi connectivity index (χ2v) is 5.00. The van der Waals surface area contributed by atoms with Crippen LogP contribution in [0.2, 0.25) is 0 Å². The van der Waals surface area contributed by atoms with E-state index in [4.69, 9.17) is 5.11 Å². The van der Waals surface area contributed by atoms with Gasteiger partial charge >= 0.3 is 5.97 Å². The van der Waals surface area contributed by atoms with E-state index in [2.05, 4.69) is 10.3 Å². The Kier molecular flexibility index (Phi) is 4.77. The summed E-state index contributed by atoms with van der Waals surface area (Å²) < 4.78 is 1.62.